The van der Waals surface area contributed by atoms with Gasteiger partial charge in [-0.05, 0) is 63.6 Å². The molecule has 1 saturated heterocycles. The van der Waals surface area contributed by atoms with Gasteiger partial charge in [-0.1, -0.05) is 18.2 Å². The number of carbonyl (C=O) groups is 1. The average molecular weight is 537 g/mol. The van der Waals surface area contributed by atoms with Crippen LogP contribution in [0.2, 0.25) is 0 Å². The Morgan fingerprint density at radius 2 is 1.87 bits per heavy atom. The van der Waals surface area contributed by atoms with Gasteiger partial charge in [-0.2, -0.15) is 0 Å². The molecule has 0 bridgehead atoms. The van der Waals surface area contributed by atoms with E-state index in [1.54, 1.807) is 36.4 Å². The molecule has 1 aromatic heterocycles. The summed E-state index contributed by atoms with van der Waals surface area (Å²) in [5.74, 6) is -0.325. The van der Waals surface area contributed by atoms with Crippen molar-refractivity contribution < 1.29 is 18.5 Å². The molecule has 5 rings (SSSR count). The van der Waals surface area contributed by atoms with Gasteiger partial charge in [0.1, 0.15) is 5.82 Å². The summed E-state index contributed by atoms with van der Waals surface area (Å²) in [4.78, 5) is 19.2. The summed E-state index contributed by atoms with van der Waals surface area (Å²) in [7, 11) is -1.47. The molecule has 0 spiro atoms. The Labute approximate surface area is 224 Å². The zero-order valence-electron chi connectivity index (χ0n) is 22.0. The van der Waals surface area contributed by atoms with Crippen molar-refractivity contribution in [3.8, 4) is 0 Å². The van der Waals surface area contributed by atoms with Crippen molar-refractivity contribution in [2.24, 2.45) is 0 Å². The van der Waals surface area contributed by atoms with Crippen LogP contribution in [0.1, 0.15) is 52.3 Å². The fourth-order valence-corrected chi connectivity index (χ4v) is 6.60. The smallest absolute Gasteiger partial charge is 0.256 e. The van der Waals surface area contributed by atoms with Crippen molar-refractivity contribution in [3.05, 3.63) is 81.9 Å². The number of aliphatic hydroxyl groups excluding tert-OH is 1. The molecule has 0 aliphatic carbocycles. The van der Waals surface area contributed by atoms with Crippen LogP contribution < -0.4 is 10.6 Å². The van der Waals surface area contributed by atoms with E-state index in [2.05, 4.69) is 29.5 Å². The predicted octanol–water partition coefficient (Wildman–Crippen LogP) is 4.19. The van der Waals surface area contributed by atoms with Crippen LogP contribution in [-0.4, -0.2) is 56.5 Å². The summed E-state index contributed by atoms with van der Waals surface area (Å²) < 4.78 is 27.2. The summed E-state index contributed by atoms with van der Waals surface area (Å²) >= 11 is 0. The van der Waals surface area contributed by atoms with Gasteiger partial charge in [-0.25, -0.2) is 4.39 Å². The third-order valence-corrected chi connectivity index (χ3v) is 8.58. The highest BCUT2D eigenvalue weighted by molar-refractivity contribution is 7.84. The first-order valence-electron chi connectivity index (χ1n) is 12.8. The molecule has 1 fully saturated rings. The van der Waals surface area contributed by atoms with Gasteiger partial charge < -0.3 is 25.6 Å². The maximum Gasteiger partial charge on any atom is 0.256 e. The number of aromatic amines is 1. The maximum atomic E-state index is 14.1. The van der Waals surface area contributed by atoms with Crippen molar-refractivity contribution in [2.75, 3.05) is 18.4 Å². The number of fused-ring (bicyclic) bond motifs is 1. The van der Waals surface area contributed by atoms with Gasteiger partial charge in [0.05, 0.1) is 22.1 Å². The summed E-state index contributed by atoms with van der Waals surface area (Å²) in [6, 6.07) is 12.1. The highest BCUT2D eigenvalue weighted by Gasteiger charge is 2.30. The van der Waals surface area contributed by atoms with E-state index in [0.717, 1.165) is 28.2 Å². The van der Waals surface area contributed by atoms with Gasteiger partial charge in [0, 0.05) is 63.8 Å². The number of carbonyl (C=O) groups excluding carboxylic acids is 1. The summed E-state index contributed by atoms with van der Waals surface area (Å²) in [5, 5.41) is 17.3. The van der Waals surface area contributed by atoms with Gasteiger partial charge in [-0.3, -0.25) is 9.00 Å². The SMILES string of the molecule is Cc1[nH]c(/C=C2/c3cc(S(=O)Cc4ccccc4F)ccc3N[C@H]2O)c(C)c1C(=O)N1CC(C)NC(C)C1. The van der Waals surface area contributed by atoms with Crippen LogP contribution in [0.4, 0.5) is 10.1 Å². The van der Waals surface area contributed by atoms with E-state index in [1.807, 2.05) is 24.8 Å². The largest absolute Gasteiger partial charge is 0.369 e. The second-order valence-electron chi connectivity index (χ2n) is 10.3. The number of aryl methyl sites for hydroxylation is 1. The molecule has 38 heavy (non-hydrogen) atoms. The molecule has 0 saturated carbocycles. The second kappa shape index (κ2) is 10.5. The van der Waals surface area contributed by atoms with Crippen LogP contribution in [0.15, 0.2) is 47.4 Å². The molecule has 200 valence electrons. The molecule has 9 heteroatoms. The van der Waals surface area contributed by atoms with E-state index in [9.17, 15) is 18.5 Å². The number of aromatic nitrogens is 1. The molecular weight excluding hydrogens is 503 g/mol. The van der Waals surface area contributed by atoms with Gasteiger partial charge in [0.25, 0.3) is 5.91 Å². The lowest BCUT2D eigenvalue weighted by Gasteiger charge is -2.36. The molecule has 2 aliphatic heterocycles. The number of benzene rings is 2. The standard InChI is InChI=1S/C29H33FN4O3S/c1-16-13-34(14-17(2)31-16)29(36)27-18(3)26(32-19(27)4)12-23-22-11-21(9-10-25(22)33-28(23)35)38(37)15-20-7-5-6-8-24(20)30/h5-12,16-17,28,31-33,35H,13-15H2,1-4H3/b23-12-/t16?,17?,28-,38?/m0/s1. The van der Waals surface area contributed by atoms with Crippen LogP contribution in [0.25, 0.3) is 11.6 Å². The van der Waals surface area contributed by atoms with E-state index in [-0.39, 0.29) is 29.6 Å². The Morgan fingerprint density at radius 3 is 2.58 bits per heavy atom. The fraction of sp³-hybridized carbons (Fsp3) is 0.345. The maximum absolute atomic E-state index is 14.1. The third-order valence-electron chi connectivity index (χ3n) is 7.23. The molecule has 1 amide bonds. The first-order chi connectivity index (χ1) is 18.1. The zero-order valence-corrected chi connectivity index (χ0v) is 22.8. The minimum absolute atomic E-state index is 0.00239. The number of aliphatic hydroxyl groups is 1. The van der Waals surface area contributed by atoms with Crippen molar-refractivity contribution >= 4 is 34.0 Å². The normalized spacial score (nSPS) is 22.8. The number of hydrogen-bond donors (Lipinski definition) is 4. The topological polar surface area (TPSA) is 97.5 Å². The van der Waals surface area contributed by atoms with Gasteiger partial charge in [0.2, 0.25) is 0 Å². The third kappa shape index (κ3) is 5.06. The number of amides is 1. The fourth-order valence-electron chi connectivity index (χ4n) is 5.44. The number of halogens is 1. The van der Waals surface area contributed by atoms with E-state index in [1.165, 1.54) is 6.07 Å². The molecule has 2 aliphatic rings. The van der Waals surface area contributed by atoms with Crippen molar-refractivity contribution in [3.63, 3.8) is 0 Å². The highest BCUT2D eigenvalue weighted by Crippen LogP contribution is 2.38. The summed E-state index contributed by atoms with van der Waals surface area (Å²) in [6.45, 7) is 9.24. The monoisotopic (exact) mass is 536 g/mol. The minimum atomic E-state index is -1.47. The number of piperazine rings is 1. The van der Waals surface area contributed by atoms with E-state index in [0.29, 0.717) is 34.7 Å². The van der Waals surface area contributed by atoms with Gasteiger partial charge >= 0.3 is 0 Å². The first-order valence-corrected chi connectivity index (χ1v) is 14.1. The molecule has 4 N–H and O–H groups in total. The average Bonchev–Trinajstić information content (AvgIpc) is 3.33. The van der Waals surface area contributed by atoms with E-state index in [4.69, 9.17) is 0 Å². The van der Waals surface area contributed by atoms with Crippen LogP contribution >= 0.6 is 0 Å². The number of nitrogens with one attached hydrogen (secondary N) is 3. The van der Waals surface area contributed by atoms with E-state index >= 15 is 0 Å². The Bertz CT molecular complexity index is 1440. The van der Waals surface area contributed by atoms with Gasteiger partial charge in [-0.15, -0.1) is 0 Å². The number of hydrogen-bond acceptors (Lipinski definition) is 5. The summed E-state index contributed by atoms with van der Waals surface area (Å²) in [5.41, 5.74) is 5.43. The molecule has 3 heterocycles. The predicted molar refractivity (Wildman–Crippen MR) is 149 cm³/mol. The number of anilines is 1. The lowest BCUT2D eigenvalue weighted by molar-refractivity contribution is 0.0672. The number of rotatable bonds is 5. The zero-order chi connectivity index (χ0) is 27.1. The van der Waals surface area contributed by atoms with Crippen LogP contribution in [0.3, 0.4) is 0 Å². The van der Waals surface area contributed by atoms with Crippen LogP contribution in [0, 0.1) is 19.7 Å². The molecule has 4 atom stereocenters. The Morgan fingerprint density at radius 1 is 1.16 bits per heavy atom. The molecule has 7 nitrogen and oxygen atoms in total. The highest BCUT2D eigenvalue weighted by atomic mass is 32.2. The lowest BCUT2D eigenvalue weighted by atomic mass is 10.0. The van der Waals surface area contributed by atoms with Gasteiger partial charge in [0.15, 0.2) is 6.23 Å². The molecule has 3 unspecified atom stereocenters. The second-order valence-corrected chi connectivity index (χ2v) is 11.7. The first kappa shape index (κ1) is 26.3. The van der Waals surface area contributed by atoms with Crippen molar-refractivity contribution in [1.82, 2.24) is 15.2 Å². The van der Waals surface area contributed by atoms with E-state index < -0.39 is 17.0 Å². The summed E-state index contributed by atoms with van der Waals surface area (Å²) in [6.07, 6.45) is 0.882. The molecule has 3 aromatic rings. The quantitative estimate of drug-likeness (QED) is 0.392. The Hall–Kier alpha value is -3.27. The number of H-pyrrole nitrogens is 1. The Balaban J connectivity index is 1.44. The molecule has 2 aromatic carbocycles. The minimum Gasteiger partial charge on any atom is -0.369 e. The Kier molecular flexibility index (Phi) is 7.26. The van der Waals surface area contributed by atoms with Crippen LogP contribution in [-0.2, 0) is 16.6 Å². The number of nitrogens with zero attached hydrogens (tertiary/aromatic N) is 1. The molecule has 0 radical (unpaired) electrons. The van der Waals surface area contributed by atoms with Crippen molar-refractivity contribution in [1.29, 1.82) is 0 Å². The molecular formula is C29H33FN4O3S. The lowest BCUT2D eigenvalue weighted by Crippen LogP contribution is -2.55. The van der Waals surface area contributed by atoms with Crippen LogP contribution in [0.5, 0.6) is 0 Å². The van der Waals surface area contributed by atoms with Crippen molar-refractivity contribution in [2.45, 2.75) is 56.7 Å².